The van der Waals surface area contributed by atoms with Gasteiger partial charge in [0.2, 0.25) is 0 Å². The van der Waals surface area contributed by atoms with Crippen molar-refractivity contribution >= 4 is 23.3 Å². The van der Waals surface area contributed by atoms with Crippen LogP contribution in [-0.4, -0.2) is 36.6 Å². The highest BCUT2D eigenvalue weighted by Crippen LogP contribution is 2.29. The van der Waals surface area contributed by atoms with Gasteiger partial charge in [0.05, 0.1) is 10.9 Å². The molecule has 1 N–H and O–H groups in total. The van der Waals surface area contributed by atoms with E-state index < -0.39 is 0 Å². The minimum absolute atomic E-state index is 0.0381. The Morgan fingerprint density at radius 2 is 1.86 bits per heavy atom. The summed E-state index contributed by atoms with van der Waals surface area (Å²) in [6.07, 6.45) is 0. The van der Waals surface area contributed by atoms with E-state index >= 15 is 0 Å². The van der Waals surface area contributed by atoms with Gasteiger partial charge in [-0.3, -0.25) is 9.59 Å². The first-order chi connectivity index (χ1) is 13.3. The molecule has 1 aromatic carbocycles. The molecule has 2 heterocycles. The van der Waals surface area contributed by atoms with Crippen molar-refractivity contribution in [1.82, 2.24) is 19.7 Å². The number of hydrogen-bond donors (Lipinski definition) is 1. The van der Waals surface area contributed by atoms with Gasteiger partial charge in [0.1, 0.15) is 0 Å². The third kappa shape index (κ3) is 3.67. The predicted octanol–water partition coefficient (Wildman–Crippen LogP) is 4.48. The first kappa shape index (κ1) is 20.1. The first-order valence-electron chi connectivity index (χ1n) is 9.24. The molecule has 0 aliphatic carbocycles. The van der Waals surface area contributed by atoms with Crippen LogP contribution in [0.2, 0.25) is 0 Å². The number of carbonyl (C=O) groups is 2. The predicted molar refractivity (Wildman–Crippen MR) is 111 cm³/mol. The topological polar surface area (TPSA) is 80.6 Å². The Labute approximate surface area is 168 Å². The van der Waals surface area contributed by atoms with Crippen LogP contribution in [0, 0.1) is 13.8 Å². The molecule has 0 aliphatic heterocycles. The molecule has 1 atom stereocenters. The van der Waals surface area contributed by atoms with Gasteiger partial charge >= 0.3 is 0 Å². The second-order valence-corrected chi connectivity index (χ2v) is 8.03. The quantitative estimate of drug-likeness (QED) is 0.470. The number of hydrogen-bond acceptors (Lipinski definition) is 5. The van der Waals surface area contributed by atoms with E-state index in [-0.39, 0.29) is 16.8 Å². The van der Waals surface area contributed by atoms with E-state index in [0.29, 0.717) is 28.5 Å². The lowest BCUT2D eigenvalue weighted by molar-refractivity contribution is 0.0988. The maximum atomic E-state index is 13.0. The number of aromatic nitrogens is 4. The summed E-state index contributed by atoms with van der Waals surface area (Å²) >= 11 is 1.38. The molecule has 0 saturated heterocycles. The molecule has 0 radical (unpaired) electrons. The molecule has 0 unspecified atom stereocenters. The first-order valence-corrected chi connectivity index (χ1v) is 10.1. The van der Waals surface area contributed by atoms with E-state index in [1.165, 1.54) is 18.7 Å². The van der Waals surface area contributed by atoms with Crippen molar-refractivity contribution in [3.8, 4) is 11.4 Å². The molecule has 3 rings (SSSR count). The molecule has 3 aromatic rings. The number of nitrogens with one attached hydrogen (secondary N) is 1. The highest BCUT2D eigenvalue weighted by molar-refractivity contribution is 8.00. The number of rotatable bonds is 7. The van der Waals surface area contributed by atoms with Gasteiger partial charge in [-0.15, -0.1) is 10.2 Å². The molecular formula is C21H24N4O2S. The standard InChI is InChI=1S/C21H24N4O2S/c1-6-25-20(16-10-8-7-9-11-16)23-24-21(25)28-15(5)19(27)18-12(2)17(14(4)26)13(3)22-18/h7-11,15,22H,6H2,1-5H3/t15-/m1/s1. The fourth-order valence-electron chi connectivity index (χ4n) is 3.40. The van der Waals surface area contributed by atoms with Crippen molar-refractivity contribution in [2.75, 3.05) is 0 Å². The number of ketones is 2. The van der Waals surface area contributed by atoms with Crippen molar-refractivity contribution in [3.63, 3.8) is 0 Å². The molecule has 0 bridgehead atoms. The molecule has 6 nitrogen and oxygen atoms in total. The molecule has 0 aliphatic rings. The van der Waals surface area contributed by atoms with Crippen LogP contribution in [0.25, 0.3) is 11.4 Å². The van der Waals surface area contributed by atoms with Crippen molar-refractivity contribution in [1.29, 1.82) is 0 Å². The zero-order valence-corrected chi connectivity index (χ0v) is 17.6. The summed E-state index contributed by atoms with van der Waals surface area (Å²) in [5, 5.41) is 8.98. The summed E-state index contributed by atoms with van der Waals surface area (Å²) in [5.74, 6) is 0.699. The number of aryl methyl sites for hydroxylation is 1. The van der Waals surface area contributed by atoms with Crippen LogP contribution < -0.4 is 0 Å². The lowest BCUT2D eigenvalue weighted by Crippen LogP contribution is -2.16. The van der Waals surface area contributed by atoms with Crippen LogP contribution >= 0.6 is 11.8 Å². The Morgan fingerprint density at radius 1 is 1.18 bits per heavy atom. The number of carbonyl (C=O) groups excluding carboxylic acids is 2. The molecule has 0 saturated carbocycles. The molecule has 28 heavy (non-hydrogen) atoms. The van der Waals surface area contributed by atoms with Gasteiger partial charge in [-0.25, -0.2) is 0 Å². The van der Waals surface area contributed by atoms with E-state index in [1.54, 1.807) is 0 Å². The summed E-state index contributed by atoms with van der Waals surface area (Å²) in [5.41, 5.74) is 3.53. The van der Waals surface area contributed by atoms with Crippen molar-refractivity contribution in [2.24, 2.45) is 0 Å². The Morgan fingerprint density at radius 3 is 2.43 bits per heavy atom. The van der Waals surface area contributed by atoms with Crippen LogP contribution in [0.5, 0.6) is 0 Å². The van der Waals surface area contributed by atoms with E-state index in [9.17, 15) is 9.59 Å². The van der Waals surface area contributed by atoms with Gasteiger partial charge in [0, 0.05) is 23.4 Å². The molecule has 7 heteroatoms. The summed E-state index contributed by atoms with van der Waals surface area (Å²) in [7, 11) is 0. The van der Waals surface area contributed by atoms with Crippen molar-refractivity contribution < 1.29 is 9.59 Å². The van der Waals surface area contributed by atoms with E-state index in [2.05, 4.69) is 15.2 Å². The van der Waals surface area contributed by atoms with Gasteiger partial charge in [-0.1, -0.05) is 42.1 Å². The third-order valence-electron chi connectivity index (χ3n) is 4.75. The minimum Gasteiger partial charge on any atom is -0.355 e. The Hall–Kier alpha value is -2.67. The highest BCUT2D eigenvalue weighted by Gasteiger charge is 2.26. The highest BCUT2D eigenvalue weighted by atomic mass is 32.2. The average molecular weight is 397 g/mol. The lowest BCUT2D eigenvalue weighted by Gasteiger charge is -2.11. The molecule has 0 spiro atoms. The lowest BCUT2D eigenvalue weighted by atomic mass is 10.0. The Bertz CT molecular complexity index is 1020. The number of nitrogens with zero attached hydrogens (tertiary/aromatic N) is 3. The number of thioether (sulfide) groups is 1. The molecular weight excluding hydrogens is 372 g/mol. The summed E-state index contributed by atoms with van der Waals surface area (Å²) < 4.78 is 2.01. The number of aromatic amines is 1. The smallest absolute Gasteiger partial charge is 0.192 e. The number of benzene rings is 1. The van der Waals surface area contributed by atoms with Crippen LogP contribution in [0.15, 0.2) is 35.5 Å². The van der Waals surface area contributed by atoms with E-state index in [1.807, 2.05) is 62.6 Å². The van der Waals surface area contributed by atoms with Gasteiger partial charge in [0.25, 0.3) is 0 Å². The van der Waals surface area contributed by atoms with Crippen molar-refractivity contribution in [3.05, 3.63) is 52.8 Å². The van der Waals surface area contributed by atoms with Gasteiger partial charge in [-0.05, 0) is 40.2 Å². The summed E-state index contributed by atoms with van der Waals surface area (Å²) in [4.78, 5) is 28.0. The Kier molecular flexibility index (Phi) is 5.84. The molecule has 0 amide bonds. The largest absolute Gasteiger partial charge is 0.355 e. The zero-order chi connectivity index (χ0) is 20.4. The maximum absolute atomic E-state index is 13.0. The van der Waals surface area contributed by atoms with Gasteiger partial charge < -0.3 is 9.55 Å². The normalized spacial score (nSPS) is 12.2. The summed E-state index contributed by atoms with van der Waals surface area (Å²) in [6.45, 7) is 9.74. The number of Topliss-reactive ketones (excluding diaryl/α,β-unsaturated/α-hetero) is 2. The van der Waals surface area contributed by atoms with Gasteiger partial charge in [0.15, 0.2) is 22.5 Å². The fraction of sp³-hybridized carbons (Fsp3) is 0.333. The van der Waals surface area contributed by atoms with Gasteiger partial charge in [-0.2, -0.15) is 0 Å². The molecule has 0 fully saturated rings. The Balaban J connectivity index is 1.87. The summed E-state index contributed by atoms with van der Waals surface area (Å²) in [6, 6.07) is 9.88. The second-order valence-electron chi connectivity index (χ2n) is 6.72. The third-order valence-corrected chi connectivity index (χ3v) is 5.83. The second kappa shape index (κ2) is 8.14. The average Bonchev–Trinajstić information content (AvgIpc) is 3.21. The van der Waals surface area contributed by atoms with Crippen LogP contribution in [0.4, 0.5) is 0 Å². The fourth-order valence-corrected chi connectivity index (χ4v) is 4.37. The van der Waals surface area contributed by atoms with Crippen molar-refractivity contribution in [2.45, 2.75) is 51.6 Å². The van der Waals surface area contributed by atoms with Crippen LogP contribution in [0.1, 0.15) is 52.9 Å². The monoisotopic (exact) mass is 396 g/mol. The zero-order valence-electron chi connectivity index (χ0n) is 16.7. The van der Waals surface area contributed by atoms with E-state index in [4.69, 9.17) is 0 Å². The van der Waals surface area contributed by atoms with E-state index in [0.717, 1.165) is 17.1 Å². The SMILES string of the molecule is CCn1c(S[C@H](C)C(=O)c2[nH]c(C)c(C(C)=O)c2C)nnc1-c1ccccc1. The minimum atomic E-state index is -0.366. The van der Waals surface area contributed by atoms with Crippen LogP contribution in [0.3, 0.4) is 0 Å². The van der Waals surface area contributed by atoms with Crippen LogP contribution in [-0.2, 0) is 6.54 Å². The molecule has 146 valence electrons. The number of H-pyrrole nitrogens is 1. The maximum Gasteiger partial charge on any atom is 0.192 e. The molecule has 2 aromatic heterocycles.